The van der Waals surface area contributed by atoms with Gasteiger partial charge >= 0.3 is 0 Å². The van der Waals surface area contributed by atoms with E-state index in [1.54, 1.807) is 7.11 Å². The summed E-state index contributed by atoms with van der Waals surface area (Å²) in [6.45, 7) is 9.23. The molecule has 0 bridgehead atoms. The van der Waals surface area contributed by atoms with Gasteiger partial charge in [0.1, 0.15) is 35.6 Å². The summed E-state index contributed by atoms with van der Waals surface area (Å²) >= 11 is 0. The lowest BCUT2D eigenvalue weighted by Crippen LogP contribution is -2.34. The molecule has 8 rings (SSSR count). The van der Waals surface area contributed by atoms with Crippen molar-refractivity contribution in [3.05, 3.63) is 76.4 Å². The van der Waals surface area contributed by atoms with Crippen molar-refractivity contribution >= 4 is 0 Å². The number of aliphatic hydroxyl groups is 2. The number of aromatic hydroxyl groups is 1. The lowest BCUT2D eigenvalue weighted by Gasteiger charge is -2.43. The van der Waals surface area contributed by atoms with Crippen LogP contribution in [0.3, 0.4) is 0 Å². The van der Waals surface area contributed by atoms with Crippen molar-refractivity contribution in [3.63, 3.8) is 0 Å². The van der Waals surface area contributed by atoms with E-state index in [-0.39, 0.29) is 24.5 Å². The summed E-state index contributed by atoms with van der Waals surface area (Å²) in [4.78, 5) is 0. The van der Waals surface area contributed by atoms with Gasteiger partial charge in [-0.2, -0.15) is 0 Å². The molecule has 1 saturated carbocycles. The number of methoxy groups -OCH3 is 1. The Labute approximate surface area is 352 Å². The van der Waals surface area contributed by atoms with Crippen LogP contribution in [-0.2, 0) is 19.3 Å². The summed E-state index contributed by atoms with van der Waals surface area (Å²) < 4.78 is 25.9. The zero-order valence-electron chi connectivity index (χ0n) is 36.0. The highest BCUT2D eigenvalue weighted by atomic mass is 16.5. The van der Waals surface area contributed by atoms with Crippen molar-refractivity contribution in [1.82, 2.24) is 0 Å². The average Bonchev–Trinajstić information content (AvgIpc) is 3.32. The molecule has 5 aliphatic rings. The molecule has 316 valence electrons. The van der Waals surface area contributed by atoms with Gasteiger partial charge < -0.3 is 34.3 Å². The maximum atomic E-state index is 12.2. The van der Waals surface area contributed by atoms with Gasteiger partial charge in [-0.3, -0.25) is 0 Å². The molecule has 0 amide bonds. The van der Waals surface area contributed by atoms with Gasteiger partial charge in [0.15, 0.2) is 11.5 Å². The van der Waals surface area contributed by atoms with Crippen molar-refractivity contribution in [3.8, 4) is 51.9 Å². The number of phenols is 1. The van der Waals surface area contributed by atoms with Gasteiger partial charge in [0.2, 0.25) is 0 Å². The number of allylic oxidation sites excluding steroid dienone is 2. The van der Waals surface area contributed by atoms with Gasteiger partial charge in [-0.1, -0.05) is 83.9 Å². The first-order valence-electron chi connectivity index (χ1n) is 22.8. The molecule has 3 aromatic rings. The minimum atomic E-state index is -0.807. The van der Waals surface area contributed by atoms with E-state index >= 15 is 0 Å². The van der Waals surface area contributed by atoms with Crippen LogP contribution in [0.4, 0.5) is 0 Å². The van der Waals surface area contributed by atoms with Crippen LogP contribution in [-0.4, -0.2) is 41.2 Å². The van der Waals surface area contributed by atoms with Crippen LogP contribution in [0.2, 0.25) is 0 Å². The minimum Gasteiger partial charge on any atom is -0.508 e. The Morgan fingerprint density at radius 2 is 1.80 bits per heavy atom. The van der Waals surface area contributed by atoms with Gasteiger partial charge in [0.25, 0.3) is 0 Å². The number of unbranched alkanes of at least 4 members (excludes halogenated alkanes) is 2. The predicted molar refractivity (Wildman–Crippen MR) is 233 cm³/mol. The fourth-order valence-corrected chi connectivity index (χ4v) is 11.3. The molecule has 7 heteroatoms. The number of benzene rings is 3. The molecule has 0 radical (unpaired) electrons. The van der Waals surface area contributed by atoms with Crippen LogP contribution in [0.15, 0.2) is 48.6 Å². The second kappa shape index (κ2) is 18.2. The van der Waals surface area contributed by atoms with Crippen LogP contribution in [0, 0.1) is 47.5 Å². The zero-order valence-corrected chi connectivity index (χ0v) is 36.0. The number of ether oxygens (including phenoxy) is 4. The van der Waals surface area contributed by atoms with E-state index in [1.165, 1.54) is 37.7 Å². The van der Waals surface area contributed by atoms with Gasteiger partial charge in [0, 0.05) is 42.6 Å². The number of rotatable bonds is 12. The Kier molecular flexibility index (Phi) is 12.9. The Balaban J connectivity index is 1.20. The monoisotopic (exact) mass is 802 g/mol. The fraction of sp³-hybridized carbons (Fsp3) is 0.577. The first-order valence-corrected chi connectivity index (χ1v) is 22.8. The Morgan fingerprint density at radius 1 is 0.949 bits per heavy atom. The van der Waals surface area contributed by atoms with Crippen molar-refractivity contribution in [2.75, 3.05) is 13.7 Å². The molecule has 59 heavy (non-hydrogen) atoms. The summed E-state index contributed by atoms with van der Waals surface area (Å²) in [5.41, 5.74) is 7.30. The highest BCUT2D eigenvalue weighted by Gasteiger charge is 2.43. The first kappa shape index (κ1) is 41.6. The highest BCUT2D eigenvalue weighted by molar-refractivity contribution is 5.83. The van der Waals surface area contributed by atoms with E-state index in [1.807, 2.05) is 30.3 Å². The number of phenolic OH excluding ortho intramolecular Hbond substituents is 1. The number of hydrogen-bond donors (Lipinski definition) is 3. The second-order valence-electron chi connectivity index (χ2n) is 18.8. The molecule has 3 aromatic carbocycles. The summed E-state index contributed by atoms with van der Waals surface area (Å²) in [5.74, 6) is 8.70. The van der Waals surface area contributed by atoms with Crippen LogP contribution in [0.1, 0.15) is 138 Å². The molecule has 0 spiro atoms. The molecule has 3 N–H and O–H groups in total. The molecule has 9 unspecified atom stereocenters. The predicted octanol–water partition coefficient (Wildman–Crippen LogP) is 11.0. The van der Waals surface area contributed by atoms with Gasteiger partial charge in [-0.25, -0.2) is 0 Å². The lowest BCUT2D eigenvalue weighted by atomic mass is 9.63. The molecule has 7 nitrogen and oxygen atoms in total. The SMILES string of the molecule is CCCCCC(C)C1CC(C2Cc3cc(O)c(CC(C)C)cc3-c3c(OC)cc4c(c32)CC(O)C(c2ccc3c(c2)OC2CCCCC2CC#CO3)O4)C=CC1CCO. The first-order chi connectivity index (χ1) is 28.7. The highest BCUT2D eigenvalue weighted by Crippen LogP contribution is 2.56. The quantitative estimate of drug-likeness (QED) is 0.0953. The largest absolute Gasteiger partial charge is 0.508 e. The van der Waals surface area contributed by atoms with E-state index in [4.69, 9.17) is 18.9 Å². The van der Waals surface area contributed by atoms with Crippen LogP contribution in [0.5, 0.6) is 28.7 Å². The Bertz CT molecular complexity index is 2060. The van der Waals surface area contributed by atoms with Crippen LogP contribution >= 0.6 is 0 Å². The van der Waals surface area contributed by atoms with Crippen molar-refractivity contribution in [2.45, 2.75) is 142 Å². The second-order valence-corrected chi connectivity index (χ2v) is 18.8. The lowest BCUT2D eigenvalue weighted by molar-refractivity contribution is 0.0197. The average molecular weight is 803 g/mol. The zero-order chi connectivity index (χ0) is 41.2. The Morgan fingerprint density at radius 3 is 2.59 bits per heavy atom. The molecule has 2 aliphatic heterocycles. The summed E-state index contributed by atoms with van der Waals surface area (Å²) in [6, 6.07) is 12.1. The third-order valence-electron chi connectivity index (χ3n) is 14.3. The summed E-state index contributed by atoms with van der Waals surface area (Å²) in [6.07, 6.45) is 20.2. The molecular formula is C52H66O7. The van der Waals surface area contributed by atoms with Crippen molar-refractivity contribution < 1.29 is 34.3 Å². The molecule has 0 saturated heterocycles. The van der Waals surface area contributed by atoms with Gasteiger partial charge in [-0.15, -0.1) is 0 Å². The topological polar surface area (TPSA) is 97.6 Å². The standard InChI is InChI=1S/C52H66O7/c1-6-7-8-12-32(4)39-24-35(17-16-33(39)20-21-53)40-25-37-27-43(54)38(23-31(2)3)26-41(37)51-49(56-5)30-47-42(50(40)51)29-44(55)52(59-47)36-18-19-46-48(28-36)58-45-15-10-9-13-34(45)14-11-22-57-46/h16-19,26-28,30-35,39-40,44-45,52-55H,6-10,12-15,20-21,23-25,29H2,1-5H3. The normalized spacial score (nSPS) is 27.3. The maximum Gasteiger partial charge on any atom is 0.182 e. The maximum absolute atomic E-state index is 12.2. The van der Waals surface area contributed by atoms with E-state index in [9.17, 15) is 15.3 Å². The minimum absolute atomic E-state index is 0.0798. The molecule has 2 heterocycles. The third kappa shape index (κ3) is 8.60. The van der Waals surface area contributed by atoms with Crippen molar-refractivity contribution in [1.29, 1.82) is 0 Å². The van der Waals surface area contributed by atoms with Gasteiger partial charge in [0.05, 0.1) is 13.2 Å². The van der Waals surface area contributed by atoms with Crippen molar-refractivity contribution in [2.24, 2.45) is 35.5 Å². The van der Waals surface area contributed by atoms with Crippen LogP contribution in [0.25, 0.3) is 11.1 Å². The third-order valence-corrected chi connectivity index (χ3v) is 14.3. The molecule has 3 aliphatic carbocycles. The van der Waals surface area contributed by atoms with Crippen LogP contribution < -0.4 is 18.9 Å². The molecule has 9 atom stereocenters. The number of fused-ring (bicyclic) bond motifs is 7. The van der Waals surface area contributed by atoms with E-state index in [0.29, 0.717) is 53.3 Å². The Hall–Kier alpha value is -4.12. The number of hydrogen-bond acceptors (Lipinski definition) is 7. The molecule has 1 fully saturated rings. The number of aliphatic hydroxyl groups excluding tert-OH is 2. The van der Waals surface area contributed by atoms with E-state index in [2.05, 4.69) is 57.9 Å². The summed E-state index contributed by atoms with van der Waals surface area (Å²) in [5, 5.41) is 33.7. The molecule has 0 aromatic heterocycles. The van der Waals surface area contributed by atoms with E-state index < -0.39 is 12.2 Å². The smallest absolute Gasteiger partial charge is 0.182 e. The van der Waals surface area contributed by atoms with E-state index in [0.717, 1.165) is 96.2 Å². The molecular weight excluding hydrogens is 737 g/mol. The van der Waals surface area contributed by atoms with Gasteiger partial charge in [-0.05, 0) is 133 Å². The summed E-state index contributed by atoms with van der Waals surface area (Å²) in [7, 11) is 1.74. The fourth-order valence-electron chi connectivity index (χ4n) is 11.3.